The summed E-state index contributed by atoms with van der Waals surface area (Å²) in [5.74, 6) is -3.20. The largest absolute Gasteiger partial charge is 0.480 e. The Kier molecular flexibility index (Phi) is 12.7. The highest BCUT2D eigenvalue weighted by atomic mass is 127. The molecule has 0 bridgehead atoms. The molecule has 0 saturated heterocycles. The number of carboxylic acids is 2. The van der Waals surface area contributed by atoms with Crippen molar-refractivity contribution in [2.45, 2.75) is 0 Å². The van der Waals surface area contributed by atoms with Crippen LogP contribution in [0, 0.1) is 3.57 Å². The third kappa shape index (κ3) is 12.7. The Balaban J connectivity index is 2.66. The van der Waals surface area contributed by atoms with Gasteiger partial charge in [0.1, 0.15) is 0 Å². The van der Waals surface area contributed by atoms with Gasteiger partial charge in [0.25, 0.3) is 0 Å². The first-order valence-corrected chi connectivity index (χ1v) is 10.5. The first kappa shape index (κ1) is 27.1. The molecule has 2 amide bonds. The molecule has 0 aliphatic carbocycles. The molecule has 0 heterocycles. The first-order chi connectivity index (χ1) is 15.2. The zero-order chi connectivity index (χ0) is 23.9. The molecule has 174 valence electrons. The van der Waals surface area contributed by atoms with Crippen LogP contribution < -0.4 is 10.6 Å². The van der Waals surface area contributed by atoms with E-state index in [4.69, 9.17) is 15.7 Å². The summed E-state index contributed by atoms with van der Waals surface area (Å²) in [6.07, 6.45) is 0. The van der Waals surface area contributed by atoms with Crippen molar-refractivity contribution in [1.82, 2.24) is 15.1 Å². The summed E-state index contributed by atoms with van der Waals surface area (Å²) in [4.78, 5) is 51.8. The number of rotatable bonds is 15. The van der Waals surface area contributed by atoms with E-state index in [1.165, 1.54) is 9.80 Å². The van der Waals surface area contributed by atoms with Gasteiger partial charge in [-0.2, -0.15) is 0 Å². The van der Waals surface area contributed by atoms with Crippen molar-refractivity contribution < 1.29 is 29.4 Å². The quantitative estimate of drug-likeness (QED) is 0.0780. The lowest BCUT2D eigenvalue weighted by Gasteiger charge is -2.25. The molecule has 0 fully saturated rings. The topological polar surface area (TPSA) is 188 Å². The summed E-state index contributed by atoms with van der Waals surface area (Å²) in [6, 6.07) is 7.06. The molecule has 0 atom stereocenters. The molecule has 4 N–H and O–H groups in total. The van der Waals surface area contributed by atoms with Crippen LogP contribution >= 0.6 is 22.6 Å². The number of amides is 2. The smallest absolute Gasteiger partial charge is 0.317 e. The van der Waals surface area contributed by atoms with Crippen molar-refractivity contribution in [3.8, 4) is 0 Å². The summed E-state index contributed by atoms with van der Waals surface area (Å²) in [6.45, 7) is -1.10. The van der Waals surface area contributed by atoms with Gasteiger partial charge in [-0.1, -0.05) is 5.11 Å². The molecular weight excluding hydrogens is 537 g/mol. The molecule has 1 aromatic carbocycles. The zero-order valence-corrected chi connectivity index (χ0v) is 19.3. The van der Waals surface area contributed by atoms with Crippen molar-refractivity contribution in [2.24, 2.45) is 5.11 Å². The van der Waals surface area contributed by atoms with Crippen molar-refractivity contribution in [3.63, 3.8) is 0 Å². The summed E-state index contributed by atoms with van der Waals surface area (Å²) in [5, 5.41) is 26.7. The fourth-order valence-electron chi connectivity index (χ4n) is 2.58. The standard InChI is InChI=1S/C18H24IN7O6/c19-13-1-3-14(4-2-13)23-16(28)10-26(12-18(31)32)8-7-25(11-17(29)30)9-15(27)21-5-6-22-24-20/h1-4H,5-12H2,(H,21,27)(H,23,28)(H,29,30)(H,31,32). The number of carbonyl (C=O) groups is 4. The fraction of sp³-hybridized carbons (Fsp3) is 0.444. The van der Waals surface area contributed by atoms with Crippen LogP contribution in [0.2, 0.25) is 0 Å². The second kappa shape index (κ2) is 15.0. The van der Waals surface area contributed by atoms with Crippen LogP contribution in [0.4, 0.5) is 5.69 Å². The Morgan fingerprint density at radius 2 is 1.47 bits per heavy atom. The minimum absolute atomic E-state index is 0.0418. The van der Waals surface area contributed by atoms with Crippen LogP contribution in [0.25, 0.3) is 10.4 Å². The van der Waals surface area contributed by atoms with Gasteiger partial charge in [0.2, 0.25) is 11.8 Å². The van der Waals surface area contributed by atoms with Gasteiger partial charge >= 0.3 is 11.9 Å². The lowest BCUT2D eigenvalue weighted by atomic mass is 10.3. The summed E-state index contributed by atoms with van der Waals surface area (Å²) in [5.41, 5.74) is 8.78. The molecule has 14 heteroatoms. The van der Waals surface area contributed by atoms with Gasteiger partial charge in [-0.25, -0.2) is 0 Å². The van der Waals surface area contributed by atoms with Crippen LogP contribution in [0.5, 0.6) is 0 Å². The third-order valence-electron chi connectivity index (χ3n) is 3.91. The zero-order valence-electron chi connectivity index (χ0n) is 17.1. The number of azide groups is 1. The molecule has 0 aromatic heterocycles. The molecule has 13 nitrogen and oxygen atoms in total. The van der Waals surface area contributed by atoms with Crippen LogP contribution in [0.15, 0.2) is 29.4 Å². The maximum atomic E-state index is 12.3. The minimum atomic E-state index is -1.16. The molecule has 0 aliphatic rings. The highest BCUT2D eigenvalue weighted by Crippen LogP contribution is 2.11. The van der Waals surface area contributed by atoms with Crippen LogP contribution in [-0.2, 0) is 19.2 Å². The number of anilines is 1. The van der Waals surface area contributed by atoms with Gasteiger partial charge < -0.3 is 20.8 Å². The Morgan fingerprint density at radius 1 is 0.938 bits per heavy atom. The van der Waals surface area contributed by atoms with Gasteiger partial charge in [0, 0.05) is 40.3 Å². The van der Waals surface area contributed by atoms with E-state index in [-0.39, 0.29) is 39.3 Å². The van der Waals surface area contributed by atoms with Crippen molar-refractivity contribution in [3.05, 3.63) is 38.3 Å². The highest BCUT2D eigenvalue weighted by molar-refractivity contribution is 14.1. The average molecular weight is 561 g/mol. The SMILES string of the molecule is [N-]=[N+]=NCCNC(=O)CN(CCN(CC(=O)O)CC(=O)Nc1ccc(I)cc1)CC(=O)O. The number of nitrogens with zero attached hydrogens (tertiary/aromatic N) is 5. The lowest BCUT2D eigenvalue weighted by molar-refractivity contribution is -0.141. The molecule has 1 aromatic rings. The molecule has 32 heavy (non-hydrogen) atoms. The monoisotopic (exact) mass is 561 g/mol. The molecule has 0 saturated carbocycles. The van der Waals surface area contributed by atoms with E-state index in [9.17, 15) is 19.2 Å². The Morgan fingerprint density at radius 3 is 1.97 bits per heavy atom. The number of aliphatic carboxylic acids is 2. The molecule has 0 unspecified atom stereocenters. The number of benzene rings is 1. The Hall–Kier alpha value is -2.94. The predicted octanol–water partition coefficient (Wildman–Crippen LogP) is 0.429. The normalized spacial score (nSPS) is 10.5. The van der Waals surface area contributed by atoms with E-state index >= 15 is 0 Å². The number of hydrogen-bond acceptors (Lipinski definition) is 7. The van der Waals surface area contributed by atoms with E-state index in [0.29, 0.717) is 5.69 Å². The van der Waals surface area contributed by atoms with Crippen molar-refractivity contribution >= 4 is 52.0 Å². The average Bonchev–Trinajstić information content (AvgIpc) is 2.70. The number of hydrogen-bond donors (Lipinski definition) is 4. The van der Waals surface area contributed by atoms with E-state index in [1.807, 2.05) is 12.1 Å². The number of nitrogens with one attached hydrogen (secondary N) is 2. The minimum Gasteiger partial charge on any atom is -0.480 e. The predicted molar refractivity (Wildman–Crippen MR) is 123 cm³/mol. The molecule has 0 radical (unpaired) electrons. The Labute approximate surface area is 197 Å². The van der Waals surface area contributed by atoms with E-state index in [2.05, 4.69) is 43.3 Å². The lowest BCUT2D eigenvalue weighted by Crippen LogP contribution is -2.46. The number of halogens is 1. The van der Waals surface area contributed by atoms with Gasteiger partial charge in [-0.05, 0) is 52.4 Å². The highest BCUT2D eigenvalue weighted by Gasteiger charge is 2.19. The van der Waals surface area contributed by atoms with E-state index in [1.54, 1.807) is 12.1 Å². The first-order valence-electron chi connectivity index (χ1n) is 9.41. The van der Waals surface area contributed by atoms with Gasteiger partial charge in [-0.3, -0.25) is 29.0 Å². The van der Waals surface area contributed by atoms with Crippen molar-refractivity contribution in [2.75, 3.05) is 57.7 Å². The summed E-state index contributed by atoms with van der Waals surface area (Å²) < 4.78 is 0.994. The van der Waals surface area contributed by atoms with Gasteiger partial charge in [-0.15, -0.1) is 0 Å². The van der Waals surface area contributed by atoms with Crippen LogP contribution in [0.1, 0.15) is 0 Å². The maximum absolute atomic E-state index is 12.3. The second-order valence-electron chi connectivity index (χ2n) is 6.57. The molecule has 0 spiro atoms. The van der Waals surface area contributed by atoms with Crippen LogP contribution in [-0.4, -0.2) is 96.1 Å². The summed E-state index contributed by atoms with van der Waals surface area (Å²) >= 11 is 2.13. The van der Waals surface area contributed by atoms with Crippen LogP contribution in [0.3, 0.4) is 0 Å². The summed E-state index contributed by atoms with van der Waals surface area (Å²) in [7, 11) is 0. The fourth-order valence-corrected chi connectivity index (χ4v) is 2.94. The molecule has 1 rings (SSSR count). The third-order valence-corrected chi connectivity index (χ3v) is 4.63. The van der Waals surface area contributed by atoms with Gasteiger partial charge in [0.05, 0.1) is 26.2 Å². The number of carboxylic acid groups (broad SMARTS) is 2. The van der Waals surface area contributed by atoms with E-state index in [0.717, 1.165) is 3.57 Å². The van der Waals surface area contributed by atoms with Crippen molar-refractivity contribution in [1.29, 1.82) is 0 Å². The number of carbonyl (C=O) groups excluding carboxylic acids is 2. The molecule has 0 aliphatic heterocycles. The van der Waals surface area contributed by atoms with E-state index < -0.39 is 36.8 Å². The van der Waals surface area contributed by atoms with Gasteiger partial charge in [0.15, 0.2) is 0 Å². The Bertz CT molecular complexity index is 845. The second-order valence-corrected chi connectivity index (χ2v) is 7.81. The maximum Gasteiger partial charge on any atom is 0.317 e. The molecular formula is C18H24IN7O6.